The minimum Gasteiger partial charge on any atom is -0.496 e. The van der Waals surface area contributed by atoms with E-state index >= 15 is 0 Å². The topological polar surface area (TPSA) is 59.1 Å². The Morgan fingerprint density at radius 2 is 1.74 bits per heavy atom. The van der Waals surface area contributed by atoms with Crippen LogP contribution < -0.4 is 4.74 Å². The zero-order chi connectivity index (χ0) is 17.0. The Balaban J connectivity index is 2.01. The number of hydrogen-bond acceptors (Lipinski definition) is 4. The summed E-state index contributed by atoms with van der Waals surface area (Å²) in [6.45, 7) is 3.84. The van der Waals surface area contributed by atoms with Gasteiger partial charge in [-0.3, -0.25) is 4.79 Å². The molecule has 0 atom stereocenters. The molecule has 1 fully saturated rings. The highest BCUT2D eigenvalue weighted by molar-refractivity contribution is 6.31. The van der Waals surface area contributed by atoms with Crippen LogP contribution in [0.5, 0.6) is 5.75 Å². The molecular formula is C16H21ClN2O4. The van der Waals surface area contributed by atoms with E-state index in [2.05, 4.69) is 4.74 Å². The number of rotatable bonds is 3. The van der Waals surface area contributed by atoms with Gasteiger partial charge < -0.3 is 19.3 Å². The van der Waals surface area contributed by atoms with E-state index in [-0.39, 0.29) is 18.4 Å². The molecule has 1 heterocycles. The maximum Gasteiger partial charge on any atom is 0.409 e. The number of piperazine rings is 1. The first-order valence-electron chi connectivity index (χ1n) is 7.40. The molecule has 126 valence electrons. The van der Waals surface area contributed by atoms with Crippen molar-refractivity contribution in [2.24, 2.45) is 0 Å². The van der Waals surface area contributed by atoms with Gasteiger partial charge in [-0.25, -0.2) is 4.79 Å². The lowest BCUT2D eigenvalue weighted by molar-refractivity contribution is -0.132. The number of amides is 2. The Labute approximate surface area is 140 Å². The minimum atomic E-state index is -0.357. The molecule has 0 aliphatic carbocycles. The largest absolute Gasteiger partial charge is 0.496 e. The van der Waals surface area contributed by atoms with Crippen molar-refractivity contribution in [2.75, 3.05) is 40.4 Å². The van der Waals surface area contributed by atoms with Crippen LogP contribution in [0.1, 0.15) is 11.1 Å². The number of methoxy groups -OCH3 is 2. The van der Waals surface area contributed by atoms with Crippen LogP contribution in [0.15, 0.2) is 12.1 Å². The van der Waals surface area contributed by atoms with E-state index in [0.29, 0.717) is 37.0 Å². The average Bonchev–Trinajstić information content (AvgIpc) is 2.57. The number of ether oxygens (including phenoxy) is 2. The van der Waals surface area contributed by atoms with Crippen LogP contribution in [-0.2, 0) is 16.0 Å². The van der Waals surface area contributed by atoms with Crippen molar-refractivity contribution in [1.29, 1.82) is 0 Å². The summed E-state index contributed by atoms with van der Waals surface area (Å²) >= 11 is 6.14. The number of nitrogens with zero attached hydrogens (tertiary/aromatic N) is 2. The summed E-state index contributed by atoms with van der Waals surface area (Å²) < 4.78 is 10.0. The van der Waals surface area contributed by atoms with E-state index in [0.717, 1.165) is 11.1 Å². The highest BCUT2D eigenvalue weighted by atomic mass is 35.5. The zero-order valence-electron chi connectivity index (χ0n) is 13.6. The summed E-state index contributed by atoms with van der Waals surface area (Å²) in [4.78, 5) is 27.3. The predicted molar refractivity (Wildman–Crippen MR) is 87.0 cm³/mol. The van der Waals surface area contributed by atoms with Crippen molar-refractivity contribution in [1.82, 2.24) is 9.80 Å². The first-order chi connectivity index (χ1) is 11.0. The van der Waals surface area contributed by atoms with Gasteiger partial charge in [0.05, 0.1) is 20.6 Å². The highest BCUT2D eigenvalue weighted by Gasteiger charge is 2.25. The number of carbonyl (C=O) groups excluding carboxylic acids is 2. The molecule has 1 aliphatic heterocycles. The van der Waals surface area contributed by atoms with Crippen LogP contribution in [0.3, 0.4) is 0 Å². The molecule has 0 radical (unpaired) electrons. The van der Waals surface area contributed by atoms with Gasteiger partial charge in [-0.2, -0.15) is 0 Å². The summed E-state index contributed by atoms with van der Waals surface area (Å²) in [7, 11) is 2.93. The van der Waals surface area contributed by atoms with E-state index in [4.69, 9.17) is 16.3 Å². The Kier molecular flexibility index (Phi) is 5.71. The molecular weight excluding hydrogens is 320 g/mol. The molecule has 1 saturated heterocycles. The smallest absolute Gasteiger partial charge is 0.409 e. The van der Waals surface area contributed by atoms with Crippen molar-refractivity contribution >= 4 is 23.6 Å². The molecule has 0 bridgehead atoms. The lowest BCUT2D eigenvalue weighted by Crippen LogP contribution is -2.50. The first kappa shape index (κ1) is 17.4. The van der Waals surface area contributed by atoms with Crippen molar-refractivity contribution in [3.63, 3.8) is 0 Å². The Bertz CT molecular complexity index is 598. The number of benzene rings is 1. The molecule has 7 heteroatoms. The Morgan fingerprint density at radius 3 is 2.30 bits per heavy atom. The van der Waals surface area contributed by atoms with Crippen molar-refractivity contribution < 1.29 is 19.1 Å². The summed E-state index contributed by atoms with van der Waals surface area (Å²) in [5.41, 5.74) is 1.68. The molecule has 0 N–H and O–H groups in total. The van der Waals surface area contributed by atoms with Crippen LogP contribution in [0.25, 0.3) is 0 Å². The van der Waals surface area contributed by atoms with Gasteiger partial charge in [-0.05, 0) is 24.6 Å². The molecule has 1 aliphatic rings. The van der Waals surface area contributed by atoms with Crippen LogP contribution in [0, 0.1) is 6.92 Å². The Hall–Kier alpha value is -1.95. The third kappa shape index (κ3) is 4.07. The molecule has 2 amide bonds. The van der Waals surface area contributed by atoms with Crippen LogP contribution >= 0.6 is 11.6 Å². The SMILES string of the molecule is COC(=O)N1CCN(C(=O)Cc2cc(Cl)c(C)cc2OC)CC1. The molecule has 2 rings (SSSR count). The zero-order valence-corrected chi connectivity index (χ0v) is 14.4. The average molecular weight is 341 g/mol. The van der Waals surface area contributed by atoms with E-state index in [1.165, 1.54) is 7.11 Å². The van der Waals surface area contributed by atoms with Gasteiger partial charge >= 0.3 is 6.09 Å². The first-order valence-corrected chi connectivity index (χ1v) is 7.77. The molecule has 1 aromatic carbocycles. The molecule has 23 heavy (non-hydrogen) atoms. The number of aryl methyl sites for hydroxylation is 1. The van der Waals surface area contributed by atoms with Crippen LogP contribution in [0.4, 0.5) is 4.79 Å². The van der Waals surface area contributed by atoms with Gasteiger partial charge in [0.15, 0.2) is 0 Å². The van der Waals surface area contributed by atoms with Crippen LogP contribution in [-0.4, -0.2) is 62.2 Å². The van der Waals surface area contributed by atoms with Gasteiger partial charge in [-0.15, -0.1) is 0 Å². The standard InChI is InChI=1S/C16H21ClN2O4/c1-11-8-14(22-2)12(9-13(11)17)10-15(20)18-4-6-19(7-5-18)16(21)23-3/h8-9H,4-7,10H2,1-3H3. The summed E-state index contributed by atoms with van der Waals surface area (Å²) in [6.07, 6.45) is -0.134. The third-order valence-corrected chi connectivity index (χ3v) is 4.38. The predicted octanol–water partition coefficient (Wildman–Crippen LogP) is 2.11. The van der Waals surface area contributed by atoms with Crippen LogP contribution in [0.2, 0.25) is 5.02 Å². The molecule has 6 nitrogen and oxygen atoms in total. The molecule has 0 aromatic heterocycles. The maximum atomic E-state index is 12.5. The normalized spacial score (nSPS) is 14.6. The van der Waals surface area contributed by atoms with Crippen molar-refractivity contribution in [3.8, 4) is 5.75 Å². The van der Waals surface area contributed by atoms with Gasteiger partial charge in [0.1, 0.15) is 5.75 Å². The maximum absolute atomic E-state index is 12.5. The third-order valence-electron chi connectivity index (χ3n) is 3.97. The lowest BCUT2D eigenvalue weighted by Gasteiger charge is -2.34. The lowest BCUT2D eigenvalue weighted by atomic mass is 10.1. The number of hydrogen-bond donors (Lipinski definition) is 0. The van der Waals surface area contributed by atoms with Crippen molar-refractivity contribution in [3.05, 3.63) is 28.3 Å². The Morgan fingerprint density at radius 1 is 1.13 bits per heavy atom. The fraction of sp³-hybridized carbons (Fsp3) is 0.500. The quantitative estimate of drug-likeness (QED) is 0.845. The van der Waals surface area contributed by atoms with Gasteiger partial charge in [-0.1, -0.05) is 11.6 Å². The number of halogens is 1. The highest BCUT2D eigenvalue weighted by Crippen LogP contribution is 2.27. The molecule has 1 aromatic rings. The van der Waals surface area contributed by atoms with E-state index < -0.39 is 0 Å². The fourth-order valence-corrected chi connectivity index (χ4v) is 2.75. The van der Waals surface area contributed by atoms with Gasteiger partial charge in [0, 0.05) is 36.8 Å². The summed E-state index contributed by atoms with van der Waals surface area (Å²) in [5.74, 6) is 0.654. The molecule has 0 unspecified atom stereocenters. The van der Waals surface area contributed by atoms with Gasteiger partial charge in [0.2, 0.25) is 5.91 Å². The second kappa shape index (κ2) is 7.55. The fourth-order valence-electron chi connectivity index (χ4n) is 2.57. The summed E-state index contributed by atoms with van der Waals surface area (Å²) in [6, 6.07) is 3.61. The van der Waals surface area contributed by atoms with Gasteiger partial charge in [0.25, 0.3) is 0 Å². The second-order valence-corrected chi connectivity index (χ2v) is 5.84. The van der Waals surface area contributed by atoms with E-state index in [1.807, 2.05) is 13.0 Å². The monoisotopic (exact) mass is 340 g/mol. The van der Waals surface area contributed by atoms with E-state index in [9.17, 15) is 9.59 Å². The minimum absolute atomic E-state index is 0.00673. The second-order valence-electron chi connectivity index (χ2n) is 5.43. The summed E-state index contributed by atoms with van der Waals surface area (Å²) in [5, 5.41) is 0.615. The molecule has 0 saturated carbocycles. The van der Waals surface area contributed by atoms with E-state index in [1.54, 1.807) is 23.0 Å². The number of carbonyl (C=O) groups is 2. The molecule has 0 spiro atoms. The van der Waals surface area contributed by atoms with Crippen molar-refractivity contribution in [2.45, 2.75) is 13.3 Å².